The lowest BCUT2D eigenvalue weighted by molar-refractivity contribution is -0.129. The molecule has 0 saturated heterocycles. The molecule has 1 aliphatic heterocycles. The molecule has 30 heavy (non-hydrogen) atoms. The van der Waals surface area contributed by atoms with Crippen molar-refractivity contribution in [2.75, 3.05) is 20.6 Å². The number of carbonyl (C=O) groups excluding carboxylic acids is 2. The van der Waals surface area contributed by atoms with Crippen LogP contribution in [0.2, 0.25) is 10.0 Å². The maximum absolute atomic E-state index is 12.9. The number of pyridine rings is 1. The van der Waals surface area contributed by atoms with Gasteiger partial charge in [0, 0.05) is 59.6 Å². The van der Waals surface area contributed by atoms with E-state index in [2.05, 4.69) is 10.3 Å². The number of nitrogens with zero attached hydrogens (tertiary/aromatic N) is 3. The number of aromatic nitrogens is 1. The van der Waals surface area contributed by atoms with Gasteiger partial charge in [0.25, 0.3) is 5.91 Å². The average Bonchev–Trinajstić information content (AvgIpc) is 2.95. The summed E-state index contributed by atoms with van der Waals surface area (Å²) in [6, 6.07) is 4.98. The van der Waals surface area contributed by atoms with Crippen molar-refractivity contribution >= 4 is 41.1 Å². The number of benzene rings is 1. The van der Waals surface area contributed by atoms with Crippen LogP contribution in [0.3, 0.4) is 0 Å². The van der Waals surface area contributed by atoms with Crippen molar-refractivity contribution < 1.29 is 19.5 Å². The van der Waals surface area contributed by atoms with Gasteiger partial charge in [0.2, 0.25) is 5.91 Å². The fraction of sp³-hybridized carbons (Fsp3) is 0.300. The van der Waals surface area contributed by atoms with Crippen LogP contribution >= 0.6 is 23.2 Å². The van der Waals surface area contributed by atoms with Gasteiger partial charge in [-0.25, -0.2) is 9.78 Å². The zero-order valence-electron chi connectivity index (χ0n) is 16.6. The van der Waals surface area contributed by atoms with Crippen LogP contribution in [-0.4, -0.2) is 58.4 Å². The van der Waals surface area contributed by atoms with Crippen LogP contribution < -0.4 is 5.32 Å². The molecule has 0 unspecified atom stereocenters. The van der Waals surface area contributed by atoms with Crippen LogP contribution in [0.15, 0.2) is 18.2 Å². The van der Waals surface area contributed by atoms with E-state index < -0.39 is 6.09 Å². The summed E-state index contributed by atoms with van der Waals surface area (Å²) in [4.78, 5) is 43.4. The van der Waals surface area contributed by atoms with Gasteiger partial charge in [-0.05, 0) is 24.6 Å². The number of likely N-dealkylation sites (N-methyl/N-ethyl adjacent to an activating group) is 1. The molecular formula is C20H20Cl2N4O4. The maximum atomic E-state index is 12.9. The summed E-state index contributed by atoms with van der Waals surface area (Å²) >= 11 is 12.5. The summed E-state index contributed by atoms with van der Waals surface area (Å²) in [6.07, 6.45) is -1.18. The third-order valence-electron chi connectivity index (χ3n) is 4.89. The van der Waals surface area contributed by atoms with Crippen LogP contribution in [0, 0.1) is 6.92 Å². The predicted octanol–water partition coefficient (Wildman–Crippen LogP) is 3.18. The minimum Gasteiger partial charge on any atom is -0.465 e. The lowest BCUT2D eigenvalue weighted by Crippen LogP contribution is -2.36. The molecule has 158 valence electrons. The summed E-state index contributed by atoms with van der Waals surface area (Å²) in [5.74, 6) is -0.570. The molecule has 10 heteroatoms. The van der Waals surface area contributed by atoms with E-state index in [1.165, 1.54) is 9.80 Å². The molecule has 3 rings (SSSR count). The molecule has 0 radical (unpaired) electrons. The van der Waals surface area contributed by atoms with Crippen LogP contribution in [0.1, 0.15) is 27.3 Å². The first-order chi connectivity index (χ1) is 14.1. The lowest BCUT2D eigenvalue weighted by atomic mass is 9.93. The van der Waals surface area contributed by atoms with Gasteiger partial charge < -0.3 is 20.2 Å². The van der Waals surface area contributed by atoms with Gasteiger partial charge >= 0.3 is 6.09 Å². The van der Waals surface area contributed by atoms with Gasteiger partial charge in [-0.15, -0.1) is 0 Å². The fourth-order valence-corrected chi connectivity index (χ4v) is 3.86. The zero-order chi connectivity index (χ0) is 22.2. The Morgan fingerprint density at radius 3 is 2.60 bits per heavy atom. The summed E-state index contributed by atoms with van der Waals surface area (Å²) in [5.41, 5.74) is 3.17. The fourth-order valence-electron chi connectivity index (χ4n) is 3.36. The Labute approximate surface area is 183 Å². The van der Waals surface area contributed by atoms with Gasteiger partial charge in [0.15, 0.2) is 0 Å². The molecule has 1 aliphatic rings. The number of amides is 3. The SMILES string of the molecule is Cc1nc2c(c(-c3ccc(Cl)cc3Cl)c1CNC(=O)O)CN(CC(=O)N(C)C)C2=O. The Morgan fingerprint density at radius 1 is 1.30 bits per heavy atom. The molecular weight excluding hydrogens is 431 g/mol. The molecule has 1 aromatic heterocycles. The highest BCUT2D eigenvalue weighted by Crippen LogP contribution is 2.40. The lowest BCUT2D eigenvalue weighted by Gasteiger charge is -2.19. The molecule has 8 nitrogen and oxygen atoms in total. The molecule has 2 N–H and O–H groups in total. The van der Waals surface area contributed by atoms with Crippen molar-refractivity contribution in [2.45, 2.75) is 20.0 Å². The molecule has 0 spiro atoms. The topological polar surface area (TPSA) is 103 Å². The van der Waals surface area contributed by atoms with E-state index in [0.29, 0.717) is 38.0 Å². The second-order valence-corrected chi connectivity index (χ2v) is 7.95. The van der Waals surface area contributed by atoms with E-state index in [-0.39, 0.29) is 37.1 Å². The van der Waals surface area contributed by atoms with Crippen molar-refractivity contribution in [2.24, 2.45) is 0 Å². The van der Waals surface area contributed by atoms with Crippen LogP contribution in [0.5, 0.6) is 0 Å². The smallest absolute Gasteiger partial charge is 0.404 e. The third kappa shape index (κ3) is 4.20. The quantitative estimate of drug-likeness (QED) is 0.727. The summed E-state index contributed by atoms with van der Waals surface area (Å²) < 4.78 is 0. The van der Waals surface area contributed by atoms with Crippen molar-refractivity contribution in [3.63, 3.8) is 0 Å². The van der Waals surface area contributed by atoms with Gasteiger partial charge in [-0.3, -0.25) is 9.59 Å². The number of carbonyl (C=O) groups is 3. The summed E-state index contributed by atoms with van der Waals surface area (Å²) in [6.45, 7) is 1.76. The van der Waals surface area contributed by atoms with Gasteiger partial charge in [-0.1, -0.05) is 29.3 Å². The summed E-state index contributed by atoms with van der Waals surface area (Å²) in [7, 11) is 3.24. The second-order valence-electron chi connectivity index (χ2n) is 7.11. The summed E-state index contributed by atoms with van der Waals surface area (Å²) in [5, 5.41) is 12.2. The van der Waals surface area contributed by atoms with E-state index in [0.717, 1.165) is 0 Å². The van der Waals surface area contributed by atoms with E-state index in [9.17, 15) is 14.4 Å². The highest BCUT2D eigenvalue weighted by molar-refractivity contribution is 6.36. The van der Waals surface area contributed by atoms with Crippen molar-refractivity contribution in [1.82, 2.24) is 20.1 Å². The Morgan fingerprint density at radius 2 is 2.00 bits per heavy atom. The minimum atomic E-state index is -1.18. The molecule has 0 aliphatic carbocycles. The molecule has 0 saturated carbocycles. The number of hydrogen-bond acceptors (Lipinski definition) is 4. The number of halogens is 2. The minimum absolute atomic E-state index is 0.0133. The van der Waals surface area contributed by atoms with E-state index in [1.54, 1.807) is 39.2 Å². The standard InChI is InChI=1S/C20H20Cl2N4O4/c1-10-13(7-23-20(29)30)17(12-5-4-11(21)6-15(12)22)14-8-26(9-16(27)25(2)3)19(28)18(14)24-10/h4-6,23H,7-9H2,1-3H3,(H,29,30). The first kappa shape index (κ1) is 21.9. The van der Waals surface area contributed by atoms with E-state index >= 15 is 0 Å². The number of carboxylic acid groups (broad SMARTS) is 1. The number of rotatable bonds is 5. The second kappa shape index (κ2) is 8.49. The third-order valence-corrected chi connectivity index (χ3v) is 5.43. The average molecular weight is 451 g/mol. The molecule has 0 bridgehead atoms. The Bertz CT molecular complexity index is 1060. The monoisotopic (exact) mass is 450 g/mol. The highest BCUT2D eigenvalue weighted by Gasteiger charge is 2.35. The zero-order valence-corrected chi connectivity index (χ0v) is 18.1. The van der Waals surface area contributed by atoms with Crippen LogP contribution in [0.4, 0.5) is 4.79 Å². The Balaban J connectivity index is 2.17. The van der Waals surface area contributed by atoms with Crippen molar-refractivity contribution in [3.8, 4) is 11.1 Å². The first-order valence-electron chi connectivity index (χ1n) is 9.04. The molecule has 0 fully saturated rings. The number of aryl methyl sites for hydroxylation is 1. The van der Waals surface area contributed by atoms with Crippen molar-refractivity contribution in [3.05, 3.63) is 50.8 Å². The molecule has 1 aromatic carbocycles. The van der Waals surface area contributed by atoms with Gasteiger partial charge in [-0.2, -0.15) is 0 Å². The molecule has 2 aromatic rings. The number of hydrogen-bond donors (Lipinski definition) is 2. The highest BCUT2D eigenvalue weighted by atomic mass is 35.5. The number of fused-ring (bicyclic) bond motifs is 1. The van der Waals surface area contributed by atoms with Crippen LogP contribution in [0.25, 0.3) is 11.1 Å². The number of nitrogens with one attached hydrogen (secondary N) is 1. The Hall–Kier alpha value is -2.84. The molecule has 3 amide bonds. The predicted molar refractivity (Wildman–Crippen MR) is 113 cm³/mol. The normalized spacial score (nSPS) is 12.7. The van der Waals surface area contributed by atoms with Gasteiger partial charge in [0.1, 0.15) is 12.2 Å². The molecule has 2 heterocycles. The van der Waals surface area contributed by atoms with E-state index in [4.69, 9.17) is 28.3 Å². The first-order valence-corrected chi connectivity index (χ1v) is 9.79. The maximum Gasteiger partial charge on any atom is 0.404 e. The Kier molecular flexibility index (Phi) is 6.19. The van der Waals surface area contributed by atoms with Crippen molar-refractivity contribution in [1.29, 1.82) is 0 Å². The van der Waals surface area contributed by atoms with Gasteiger partial charge in [0.05, 0.1) is 0 Å². The molecule has 0 atom stereocenters. The van der Waals surface area contributed by atoms with Crippen LogP contribution in [-0.2, 0) is 17.9 Å². The largest absolute Gasteiger partial charge is 0.465 e. The van der Waals surface area contributed by atoms with E-state index in [1.807, 2.05) is 0 Å².